The zero-order valence-corrected chi connectivity index (χ0v) is 12.5. The van der Waals surface area contributed by atoms with Gasteiger partial charge in [-0.05, 0) is 37.8 Å². The summed E-state index contributed by atoms with van der Waals surface area (Å²) in [5, 5.41) is 3.57. The summed E-state index contributed by atoms with van der Waals surface area (Å²) in [6.45, 7) is 9.41. The van der Waals surface area contributed by atoms with Gasteiger partial charge in [-0.25, -0.2) is 0 Å². The molecule has 0 atom stereocenters. The number of benzene rings is 1. The van der Waals surface area contributed by atoms with E-state index in [0.29, 0.717) is 5.54 Å². The minimum atomic E-state index is 0.398. The van der Waals surface area contributed by atoms with Gasteiger partial charge in [0, 0.05) is 25.2 Å². The number of piperazine rings is 1. The van der Waals surface area contributed by atoms with Gasteiger partial charge in [-0.3, -0.25) is 4.90 Å². The standard InChI is InChI=1S/C17H28N2/c1-3-17(4-2)15-18-12-14-19(17)13-8-11-16-9-6-5-7-10-16/h5-7,9-10,18H,3-4,8,11-15H2,1-2H3. The number of hydrogen-bond donors (Lipinski definition) is 1. The van der Waals surface area contributed by atoms with Crippen molar-refractivity contribution in [2.24, 2.45) is 0 Å². The van der Waals surface area contributed by atoms with Crippen molar-refractivity contribution in [3.63, 3.8) is 0 Å². The van der Waals surface area contributed by atoms with Crippen LogP contribution in [0.4, 0.5) is 0 Å². The van der Waals surface area contributed by atoms with E-state index in [-0.39, 0.29) is 0 Å². The van der Waals surface area contributed by atoms with E-state index in [1.54, 1.807) is 0 Å². The van der Waals surface area contributed by atoms with E-state index in [2.05, 4.69) is 54.4 Å². The van der Waals surface area contributed by atoms with E-state index in [1.165, 1.54) is 44.3 Å². The van der Waals surface area contributed by atoms with Crippen LogP contribution in [0.3, 0.4) is 0 Å². The van der Waals surface area contributed by atoms with E-state index >= 15 is 0 Å². The Labute approximate surface area is 118 Å². The maximum absolute atomic E-state index is 3.57. The van der Waals surface area contributed by atoms with Gasteiger partial charge in [0.25, 0.3) is 0 Å². The molecule has 0 radical (unpaired) electrons. The first-order valence-corrected chi connectivity index (χ1v) is 7.80. The third-order valence-electron chi connectivity index (χ3n) is 4.74. The quantitative estimate of drug-likeness (QED) is 0.845. The summed E-state index contributed by atoms with van der Waals surface area (Å²) in [6, 6.07) is 10.9. The van der Waals surface area contributed by atoms with Gasteiger partial charge < -0.3 is 5.32 Å². The second kappa shape index (κ2) is 7.06. The molecule has 0 saturated carbocycles. The molecule has 1 saturated heterocycles. The van der Waals surface area contributed by atoms with Crippen LogP contribution in [0.5, 0.6) is 0 Å². The average molecular weight is 260 g/mol. The Morgan fingerprint density at radius 1 is 1.16 bits per heavy atom. The van der Waals surface area contributed by atoms with Crippen LogP contribution in [-0.4, -0.2) is 36.6 Å². The molecule has 0 amide bonds. The van der Waals surface area contributed by atoms with Crippen molar-refractivity contribution in [1.29, 1.82) is 0 Å². The van der Waals surface area contributed by atoms with Crippen LogP contribution in [0.15, 0.2) is 30.3 Å². The molecule has 19 heavy (non-hydrogen) atoms. The number of nitrogens with one attached hydrogen (secondary N) is 1. The van der Waals surface area contributed by atoms with E-state index in [9.17, 15) is 0 Å². The monoisotopic (exact) mass is 260 g/mol. The predicted octanol–water partition coefficient (Wildman–Crippen LogP) is 3.08. The lowest BCUT2D eigenvalue weighted by Crippen LogP contribution is -2.60. The summed E-state index contributed by atoms with van der Waals surface area (Å²) in [5.74, 6) is 0. The van der Waals surface area contributed by atoms with Gasteiger partial charge in [0.1, 0.15) is 0 Å². The molecular formula is C17H28N2. The molecular weight excluding hydrogens is 232 g/mol. The Kier molecular flexibility index (Phi) is 5.41. The summed E-state index contributed by atoms with van der Waals surface area (Å²) in [7, 11) is 0. The average Bonchev–Trinajstić information content (AvgIpc) is 2.49. The van der Waals surface area contributed by atoms with Crippen LogP contribution >= 0.6 is 0 Å². The number of hydrogen-bond acceptors (Lipinski definition) is 2. The van der Waals surface area contributed by atoms with Gasteiger partial charge in [-0.2, -0.15) is 0 Å². The molecule has 2 heteroatoms. The third kappa shape index (κ3) is 3.58. The zero-order chi connectivity index (χ0) is 13.6. The molecule has 1 heterocycles. The highest BCUT2D eigenvalue weighted by molar-refractivity contribution is 5.14. The Morgan fingerprint density at radius 2 is 1.89 bits per heavy atom. The van der Waals surface area contributed by atoms with Crippen LogP contribution in [0, 0.1) is 0 Å². The fourth-order valence-electron chi connectivity index (χ4n) is 3.30. The first kappa shape index (κ1) is 14.5. The first-order chi connectivity index (χ1) is 9.30. The normalized spacial score (nSPS) is 19.5. The minimum absolute atomic E-state index is 0.398. The summed E-state index contributed by atoms with van der Waals surface area (Å²) in [6.07, 6.45) is 4.98. The Hall–Kier alpha value is -0.860. The lowest BCUT2D eigenvalue weighted by atomic mass is 9.88. The lowest BCUT2D eigenvalue weighted by Gasteiger charge is -2.47. The van der Waals surface area contributed by atoms with Crippen LogP contribution in [-0.2, 0) is 6.42 Å². The maximum Gasteiger partial charge on any atom is 0.0329 e. The van der Waals surface area contributed by atoms with E-state index in [1.807, 2.05) is 0 Å². The van der Waals surface area contributed by atoms with Gasteiger partial charge in [0.2, 0.25) is 0 Å². The smallest absolute Gasteiger partial charge is 0.0329 e. The molecule has 1 aromatic rings. The van der Waals surface area contributed by atoms with Gasteiger partial charge in [0.05, 0.1) is 0 Å². The molecule has 0 unspecified atom stereocenters. The summed E-state index contributed by atoms with van der Waals surface area (Å²) in [4.78, 5) is 2.73. The third-order valence-corrected chi connectivity index (χ3v) is 4.74. The zero-order valence-electron chi connectivity index (χ0n) is 12.5. The highest BCUT2D eigenvalue weighted by Crippen LogP contribution is 2.25. The molecule has 2 nitrogen and oxygen atoms in total. The second-order valence-corrected chi connectivity index (χ2v) is 5.68. The molecule has 2 rings (SSSR count). The SMILES string of the molecule is CCC1(CC)CNCCN1CCCc1ccccc1. The molecule has 1 aromatic carbocycles. The number of aryl methyl sites for hydroxylation is 1. The second-order valence-electron chi connectivity index (χ2n) is 5.68. The fraction of sp³-hybridized carbons (Fsp3) is 0.647. The van der Waals surface area contributed by atoms with Crippen molar-refractivity contribution in [3.8, 4) is 0 Å². The van der Waals surface area contributed by atoms with E-state index in [0.717, 1.165) is 13.1 Å². The molecule has 1 N–H and O–H groups in total. The van der Waals surface area contributed by atoms with Crippen LogP contribution in [0.25, 0.3) is 0 Å². The maximum atomic E-state index is 3.57. The first-order valence-electron chi connectivity index (χ1n) is 7.80. The van der Waals surface area contributed by atoms with Crippen molar-refractivity contribution >= 4 is 0 Å². The van der Waals surface area contributed by atoms with Gasteiger partial charge >= 0.3 is 0 Å². The van der Waals surface area contributed by atoms with Crippen molar-refractivity contribution in [2.45, 2.75) is 45.1 Å². The van der Waals surface area contributed by atoms with Gasteiger partial charge in [-0.15, -0.1) is 0 Å². The lowest BCUT2D eigenvalue weighted by molar-refractivity contribution is 0.0512. The molecule has 1 aliphatic heterocycles. The molecule has 106 valence electrons. The molecule has 0 aliphatic carbocycles. The largest absolute Gasteiger partial charge is 0.314 e. The Balaban J connectivity index is 1.86. The topological polar surface area (TPSA) is 15.3 Å². The molecule has 0 spiro atoms. The number of rotatable bonds is 6. The molecule has 1 aliphatic rings. The van der Waals surface area contributed by atoms with Crippen LogP contribution < -0.4 is 5.32 Å². The molecule has 0 aromatic heterocycles. The highest BCUT2D eigenvalue weighted by atomic mass is 15.3. The van der Waals surface area contributed by atoms with Crippen molar-refractivity contribution < 1.29 is 0 Å². The van der Waals surface area contributed by atoms with E-state index in [4.69, 9.17) is 0 Å². The van der Waals surface area contributed by atoms with Crippen molar-refractivity contribution in [3.05, 3.63) is 35.9 Å². The van der Waals surface area contributed by atoms with Crippen molar-refractivity contribution in [1.82, 2.24) is 10.2 Å². The Bertz CT molecular complexity index is 357. The summed E-state index contributed by atoms with van der Waals surface area (Å²) < 4.78 is 0. The van der Waals surface area contributed by atoms with Crippen LogP contribution in [0.2, 0.25) is 0 Å². The molecule has 1 fully saturated rings. The van der Waals surface area contributed by atoms with Gasteiger partial charge in [0.15, 0.2) is 0 Å². The highest BCUT2D eigenvalue weighted by Gasteiger charge is 2.34. The molecule has 0 bridgehead atoms. The minimum Gasteiger partial charge on any atom is -0.314 e. The van der Waals surface area contributed by atoms with E-state index < -0.39 is 0 Å². The van der Waals surface area contributed by atoms with Crippen LogP contribution in [0.1, 0.15) is 38.7 Å². The van der Waals surface area contributed by atoms with Crippen molar-refractivity contribution in [2.75, 3.05) is 26.2 Å². The predicted molar refractivity (Wildman–Crippen MR) is 82.5 cm³/mol. The summed E-state index contributed by atoms with van der Waals surface area (Å²) >= 11 is 0. The fourth-order valence-corrected chi connectivity index (χ4v) is 3.30. The number of nitrogens with zero attached hydrogens (tertiary/aromatic N) is 1. The van der Waals surface area contributed by atoms with Gasteiger partial charge in [-0.1, -0.05) is 44.2 Å². The summed E-state index contributed by atoms with van der Waals surface area (Å²) in [5.41, 5.74) is 1.87. The Morgan fingerprint density at radius 3 is 2.58 bits per heavy atom.